The van der Waals surface area contributed by atoms with Gasteiger partial charge in [-0.25, -0.2) is 13.5 Å². The van der Waals surface area contributed by atoms with Crippen molar-refractivity contribution < 1.29 is 13.5 Å². The molecule has 0 spiro atoms. The zero-order chi connectivity index (χ0) is 16.2. The summed E-state index contributed by atoms with van der Waals surface area (Å²) in [4.78, 5) is 0. The van der Waals surface area contributed by atoms with Gasteiger partial charge in [0.05, 0.1) is 18.4 Å². The summed E-state index contributed by atoms with van der Waals surface area (Å²) in [7, 11) is 0. The zero-order valence-corrected chi connectivity index (χ0v) is 12.1. The molecule has 0 saturated carbocycles. The van der Waals surface area contributed by atoms with Gasteiger partial charge in [0.1, 0.15) is 12.4 Å². The summed E-state index contributed by atoms with van der Waals surface area (Å²) >= 11 is 0. The highest BCUT2D eigenvalue weighted by atomic mass is 19.2. The van der Waals surface area contributed by atoms with Crippen LogP contribution in [0.2, 0.25) is 0 Å². The average Bonchev–Trinajstić information content (AvgIpc) is 2.99. The summed E-state index contributed by atoms with van der Waals surface area (Å²) < 4.78 is 33.5. The molecule has 1 heterocycles. The van der Waals surface area contributed by atoms with Crippen LogP contribution in [0.5, 0.6) is 5.75 Å². The monoisotopic (exact) mass is 316 g/mol. The van der Waals surface area contributed by atoms with Crippen LogP contribution < -0.4 is 10.5 Å². The maximum absolute atomic E-state index is 13.4. The van der Waals surface area contributed by atoms with E-state index in [0.29, 0.717) is 35.8 Å². The molecule has 23 heavy (non-hydrogen) atoms. The second kappa shape index (κ2) is 6.43. The lowest BCUT2D eigenvalue weighted by atomic mass is 10.1. The highest BCUT2D eigenvalue weighted by Gasteiger charge is 2.10. The molecule has 3 aromatic rings. The van der Waals surface area contributed by atoms with E-state index in [1.807, 2.05) is 0 Å². The quantitative estimate of drug-likeness (QED) is 0.735. The first-order chi connectivity index (χ1) is 11.1. The van der Waals surface area contributed by atoms with Gasteiger partial charge in [-0.15, -0.1) is 5.10 Å². The number of nitrogens with two attached hydrogens (primary N) is 1. The Bertz CT molecular complexity index is 819. The first kappa shape index (κ1) is 15.0. The van der Waals surface area contributed by atoms with E-state index in [4.69, 9.17) is 10.5 Å². The fourth-order valence-electron chi connectivity index (χ4n) is 2.16. The number of nitrogen functional groups attached to an aromatic ring is 1. The molecular formula is C16H14F2N4O. The lowest BCUT2D eigenvalue weighted by Crippen LogP contribution is -2.11. The van der Waals surface area contributed by atoms with Crippen molar-refractivity contribution in [2.75, 3.05) is 12.3 Å². The average molecular weight is 316 g/mol. The Morgan fingerprint density at radius 3 is 2.74 bits per heavy atom. The number of halogens is 2. The van der Waals surface area contributed by atoms with E-state index in [9.17, 15) is 8.78 Å². The van der Waals surface area contributed by atoms with Crippen LogP contribution in [-0.2, 0) is 6.54 Å². The highest BCUT2D eigenvalue weighted by Crippen LogP contribution is 2.21. The van der Waals surface area contributed by atoms with Gasteiger partial charge in [-0.05, 0) is 30.3 Å². The Morgan fingerprint density at radius 2 is 1.96 bits per heavy atom. The van der Waals surface area contributed by atoms with Crippen molar-refractivity contribution in [3.05, 3.63) is 60.3 Å². The Balaban J connectivity index is 1.70. The molecule has 0 aliphatic carbocycles. The van der Waals surface area contributed by atoms with Crippen LogP contribution in [0.4, 0.5) is 14.5 Å². The van der Waals surface area contributed by atoms with Crippen molar-refractivity contribution in [3.8, 4) is 17.0 Å². The van der Waals surface area contributed by atoms with Gasteiger partial charge in [-0.2, -0.15) is 0 Å². The number of hydrogen-bond donors (Lipinski definition) is 1. The van der Waals surface area contributed by atoms with Gasteiger partial charge < -0.3 is 10.5 Å². The number of rotatable bonds is 5. The number of nitrogens with zero attached hydrogens (tertiary/aromatic N) is 3. The molecule has 0 aliphatic heterocycles. The molecule has 5 nitrogen and oxygen atoms in total. The van der Waals surface area contributed by atoms with Gasteiger partial charge in [0, 0.05) is 17.3 Å². The molecule has 0 unspecified atom stereocenters. The number of aromatic nitrogens is 3. The summed E-state index contributed by atoms with van der Waals surface area (Å²) in [5.41, 5.74) is 7.38. The number of hydrogen-bond acceptors (Lipinski definition) is 4. The van der Waals surface area contributed by atoms with Crippen molar-refractivity contribution in [2.24, 2.45) is 0 Å². The van der Waals surface area contributed by atoms with E-state index in [2.05, 4.69) is 10.3 Å². The largest absolute Gasteiger partial charge is 0.492 e. The Labute approximate surface area is 131 Å². The van der Waals surface area contributed by atoms with Crippen molar-refractivity contribution in [2.45, 2.75) is 6.54 Å². The fourth-order valence-corrected chi connectivity index (χ4v) is 2.16. The summed E-state index contributed by atoms with van der Waals surface area (Å²) in [6.45, 7) is 0.743. The Kier molecular flexibility index (Phi) is 4.18. The van der Waals surface area contributed by atoms with Crippen LogP contribution in [0, 0.1) is 11.6 Å². The minimum Gasteiger partial charge on any atom is -0.492 e. The summed E-state index contributed by atoms with van der Waals surface area (Å²) in [5.74, 6) is -1.15. The third kappa shape index (κ3) is 3.45. The lowest BCUT2D eigenvalue weighted by Gasteiger charge is -2.09. The van der Waals surface area contributed by atoms with Gasteiger partial charge in [0.2, 0.25) is 0 Å². The summed E-state index contributed by atoms with van der Waals surface area (Å²) in [6, 6.07) is 10.8. The maximum Gasteiger partial charge on any atom is 0.159 e. The molecule has 0 saturated heterocycles. The fraction of sp³-hybridized carbons (Fsp3) is 0.125. The molecule has 0 bridgehead atoms. The predicted octanol–water partition coefficient (Wildman–Crippen LogP) is 2.88. The molecule has 0 fully saturated rings. The molecule has 2 N–H and O–H groups in total. The van der Waals surface area contributed by atoms with Gasteiger partial charge in [-0.3, -0.25) is 0 Å². The molecule has 118 valence electrons. The summed E-state index contributed by atoms with van der Waals surface area (Å²) in [5, 5.41) is 7.75. The predicted molar refractivity (Wildman–Crippen MR) is 81.7 cm³/mol. The third-order valence-electron chi connectivity index (χ3n) is 3.26. The molecule has 0 radical (unpaired) electrons. The van der Waals surface area contributed by atoms with Crippen LogP contribution in [0.15, 0.2) is 48.7 Å². The van der Waals surface area contributed by atoms with Crippen LogP contribution >= 0.6 is 0 Å². The topological polar surface area (TPSA) is 66.0 Å². The van der Waals surface area contributed by atoms with E-state index in [1.165, 1.54) is 12.3 Å². The first-order valence-corrected chi connectivity index (χ1v) is 6.96. The molecule has 2 aromatic carbocycles. The molecule has 7 heteroatoms. The van der Waals surface area contributed by atoms with Crippen molar-refractivity contribution in [1.82, 2.24) is 15.0 Å². The van der Waals surface area contributed by atoms with Gasteiger partial charge in [0.15, 0.2) is 11.6 Å². The molecule has 1 aromatic heterocycles. The van der Waals surface area contributed by atoms with Gasteiger partial charge >= 0.3 is 0 Å². The zero-order valence-electron chi connectivity index (χ0n) is 12.1. The Morgan fingerprint density at radius 1 is 1.09 bits per heavy atom. The van der Waals surface area contributed by atoms with E-state index < -0.39 is 11.6 Å². The molecule has 0 aliphatic rings. The minimum atomic E-state index is -0.911. The van der Waals surface area contributed by atoms with E-state index in [1.54, 1.807) is 28.9 Å². The van der Waals surface area contributed by atoms with Crippen molar-refractivity contribution in [3.63, 3.8) is 0 Å². The minimum absolute atomic E-state index is 0.337. The Hall–Kier alpha value is -2.96. The van der Waals surface area contributed by atoms with Gasteiger partial charge in [-0.1, -0.05) is 11.3 Å². The SMILES string of the molecule is Nc1cccc(OCCn2nncc2-c2ccc(F)c(F)c2)c1. The standard InChI is InChI=1S/C16H14F2N4O/c17-14-5-4-11(8-15(14)18)16-10-20-21-22(16)6-7-23-13-3-1-2-12(19)9-13/h1-5,8-10H,6-7,19H2. The smallest absolute Gasteiger partial charge is 0.159 e. The van der Waals surface area contributed by atoms with E-state index >= 15 is 0 Å². The maximum atomic E-state index is 13.4. The van der Waals surface area contributed by atoms with Crippen LogP contribution in [-0.4, -0.2) is 21.6 Å². The van der Waals surface area contributed by atoms with Crippen LogP contribution in [0.25, 0.3) is 11.3 Å². The van der Waals surface area contributed by atoms with Gasteiger partial charge in [0.25, 0.3) is 0 Å². The normalized spacial score (nSPS) is 10.7. The van der Waals surface area contributed by atoms with Crippen molar-refractivity contribution in [1.29, 1.82) is 0 Å². The van der Waals surface area contributed by atoms with E-state index in [0.717, 1.165) is 12.1 Å². The number of benzene rings is 2. The lowest BCUT2D eigenvalue weighted by molar-refractivity contribution is 0.291. The van der Waals surface area contributed by atoms with E-state index in [-0.39, 0.29) is 0 Å². The summed E-state index contributed by atoms with van der Waals surface area (Å²) in [6.07, 6.45) is 1.49. The molecule has 3 rings (SSSR count). The number of anilines is 1. The molecule has 0 atom stereocenters. The molecule has 0 amide bonds. The van der Waals surface area contributed by atoms with Crippen molar-refractivity contribution >= 4 is 5.69 Å². The second-order valence-electron chi connectivity index (χ2n) is 4.89. The first-order valence-electron chi connectivity index (χ1n) is 6.96. The highest BCUT2D eigenvalue weighted by molar-refractivity contribution is 5.58. The third-order valence-corrected chi connectivity index (χ3v) is 3.26. The van der Waals surface area contributed by atoms with Crippen LogP contribution in [0.3, 0.4) is 0 Å². The van der Waals surface area contributed by atoms with Crippen LogP contribution in [0.1, 0.15) is 0 Å². The number of ether oxygens (including phenoxy) is 1. The second-order valence-corrected chi connectivity index (χ2v) is 4.89. The molecular weight excluding hydrogens is 302 g/mol.